The lowest BCUT2D eigenvalue weighted by Gasteiger charge is -2.22. The second-order valence-corrected chi connectivity index (χ2v) is 6.94. The Morgan fingerprint density at radius 3 is 2.36 bits per heavy atom. The van der Waals surface area contributed by atoms with Crippen LogP contribution in [0.5, 0.6) is 5.75 Å². The predicted molar refractivity (Wildman–Crippen MR) is 104 cm³/mol. The van der Waals surface area contributed by atoms with Crippen molar-refractivity contribution in [1.29, 1.82) is 0 Å². The van der Waals surface area contributed by atoms with Crippen LogP contribution in [0.1, 0.15) is 23.6 Å². The van der Waals surface area contributed by atoms with Gasteiger partial charge in [-0.2, -0.15) is 0 Å². The summed E-state index contributed by atoms with van der Waals surface area (Å²) in [5.74, 6) is -0.215. The van der Waals surface area contributed by atoms with Crippen LogP contribution >= 0.6 is 0 Å². The summed E-state index contributed by atoms with van der Waals surface area (Å²) < 4.78 is 5.12. The summed E-state index contributed by atoms with van der Waals surface area (Å²) in [4.78, 5) is 38.4. The zero-order valence-corrected chi connectivity index (χ0v) is 16.1. The number of nitrogens with one attached hydrogen (secondary N) is 2. The molecule has 7 nitrogen and oxygen atoms in total. The van der Waals surface area contributed by atoms with Gasteiger partial charge in [0.2, 0.25) is 5.91 Å². The minimum atomic E-state index is -1.22. The van der Waals surface area contributed by atoms with Crippen molar-refractivity contribution >= 4 is 17.8 Å². The topological polar surface area (TPSA) is 87.7 Å². The van der Waals surface area contributed by atoms with Crippen LogP contribution in [-0.4, -0.2) is 36.4 Å². The molecule has 0 bridgehead atoms. The van der Waals surface area contributed by atoms with Gasteiger partial charge in [-0.1, -0.05) is 42.0 Å². The molecule has 3 rings (SSSR count). The fourth-order valence-electron chi connectivity index (χ4n) is 3.07. The van der Waals surface area contributed by atoms with Gasteiger partial charge in [0, 0.05) is 6.54 Å². The van der Waals surface area contributed by atoms with Crippen molar-refractivity contribution in [3.8, 4) is 5.75 Å². The van der Waals surface area contributed by atoms with Gasteiger partial charge >= 0.3 is 6.03 Å². The molecule has 0 aromatic heterocycles. The van der Waals surface area contributed by atoms with E-state index in [-0.39, 0.29) is 6.54 Å². The van der Waals surface area contributed by atoms with Gasteiger partial charge in [0.05, 0.1) is 7.11 Å². The number of aryl methyl sites for hydroxylation is 1. The first kappa shape index (κ1) is 19.4. The van der Waals surface area contributed by atoms with Crippen molar-refractivity contribution in [3.05, 3.63) is 65.2 Å². The second kappa shape index (κ2) is 7.72. The summed E-state index contributed by atoms with van der Waals surface area (Å²) in [6.45, 7) is 3.61. The summed E-state index contributed by atoms with van der Waals surface area (Å²) >= 11 is 0. The van der Waals surface area contributed by atoms with Gasteiger partial charge < -0.3 is 15.4 Å². The van der Waals surface area contributed by atoms with Crippen LogP contribution in [0.2, 0.25) is 0 Å². The lowest BCUT2D eigenvalue weighted by Crippen LogP contribution is -2.43. The highest BCUT2D eigenvalue weighted by atomic mass is 16.5. The summed E-state index contributed by atoms with van der Waals surface area (Å²) in [5.41, 5.74) is 1.47. The van der Waals surface area contributed by atoms with E-state index in [1.807, 2.05) is 31.2 Å². The molecule has 1 atom stereocenters. The van der Waals surface area contributed by atoms with E-state index in [0.29, 0.717) is 17.9 Å². The third-order valence-electron chi connectivity index (χ3n) is 4.85. The van der Waals surface area contributed by atoms with E-state index >= 15 is 0 Å². The van der Waals surface area contributed by atoms with Gasteiger partial charge in [-0.05, 0) is 37.1 Å². The van der Waals surface area contributed by atoms with Gasteiger partial charge in [-0.25, -0.2) is 4.79 Å². The van der Waals surface area contributed by atoms with Gasteiger partial charge in [0.15, 0.2) is 0 Å². The molecule has 1 fully saturated rings. The molecular weight excluding hydrogens is 358 g/mol. The minimum Gasteiger partial charge on any atom is -0.497 e. The Kier molecular flexibility index (Phi) is 5.35. The normalized spacial score (nSPS) is 18.8. The van der Waals surface area contributed by atoms with Crippen LogP contribution in [0.3, 0.4) is 0 Å². The van der Waals surface area contributed by atoms with Gasteiger partial charge in [0.1, 0.15) is 17.8 Å². The molecule has 2 N–H and O–H groups in total. The number of ether oxygens (including phenoxy) is 1. The molecule has 1 heterocycles. The van der Waals surface area contributed by atoms with Crippen LogP contribution in [0, 0.1) is 6.92 Å². The quantitative estimate of drug-likeness (QED) is 0.750. The van der Waals surface area contributed by atoms with Gasteiger partial charge in [-0.3, -0.25) is 14.5 Å². The number of nitrogens with zero attached hydrogens (tertiary/aromatic N) is 1. The number of rotatable bonds is 6. The van der Waals surface area contributed by atoms with Crippen molar-refractivity contribution in [1.82, 2.24) is 15.5 Å². The first-order valence-corrected chi connectivity index (χ1v) is 8.94. The van der Waals surface area contributed by atoms with Crippen molar-refractivity contribution < 1.29 is 19.1 Å². The number of amides is 4. The molecule has 0 spiro atoms. The number of imide groups is 1. The van der Waals surface area contributed by atoms with E-state index in [0.717, 1.165) is 16.0 Å². The van der Waals surface area contributed by atoms with E-state index in [1.54, 1.807) is 38.3 Å². The molecule has 0 saturated carbocycles. The van der Waals surface area contributed by atoms with E-state index in [2.05, 4.69) is 10.6 Å². The van der Waals surface area contributed by atoms with E-state index in [4.69, 9.17) is 4.74 Å². The van der Waals surface area contributed by atoms with E-state index in [1.165, 1.54) is 0 Å². The number of hydrogen-bond acceptors (Lipinski definition) is 4. The summed E-state index contributed by atoms with van der Waals surface area (Å²) in [6, 6.07) is 14.0. The Balaban J connectivity index is 1.65. The molecular formula is C21H23N3O4. The molecule has 0 radical (unpaired) electrons. The van der Waals surface area contributed by atoms with Crippen LogP contribution < -0.4 is 15.4 Å². The summed E-state index contributed by atoms with van der Waals surface area (Å²) in [6.07, 6.45) is 0. The highest BCUT2D eigenvalue weighted by molar-refractivity contribution is 6.09. The standard InChI is InChI=1S/C21H23N3O4/c1-14-4-6-15(7-5-14)12-22-18(25)13-24-19(26)21(2,23-20(24)27)16-8-10-17(28-3)11-9-16/h4-11H,12-13H2,1-3H3,(H,22,25)(H,23,27)/t21-/m0/s1. The molecule has 146 valence electrons. The molecule has 1 aliphatic heterocycles. The van der Waals surface area contributed by atoms with Crippen molar-refractivity contribution in [2.24, 2.45) is 0 Å². The number of methoxy groups -OCH3 is 1. The Bertz CT molecular complexity index is 893. The molecule has 7 heteroatoms. The fourth-order valence-corrected chi connectivity index (χ4v) is 3.07. The van der Waals surface area contributed by atoms with Crippen molar-refractivity contribution in [3.63, 3.8) is 0 Å². The van der Waals surface area contributed by atoms with E-state index in [9.17, 15) is 14.4 Å². The Labute approximate surface area is 163 Å². The second-order valence-electron chi connectivity index (χ2n) is 6.94. The Hall–Kier alpha value is -3.35. The zero-order chi connectivity index (χ0) is 20.3. The van der Waals surface area contributed by atoms with Gasteiger partial charge in [-0.15, -0.1) is 0 Å². The third-order valence-corrected chi connectivity index (χ3v) is 4.85. The number of carbonyl (C=O) groups excluding carboxylic acids is 3. The number of hydrogen-bond donors (Lipinski definition) is 2. The lowest BCUT2D eigenvalue weighted by atomic mass is 9.92. The van der Waals surface area contributed by atoms with Crippen LogP contribution in [-0.2, 0) is 21.7 Å². The van der Waals surface area contributed by atoms with Crippen LogP contribution in [0.25, 0.3) is 0 Å². The minimum absolute atomic E-state index is 0.331. The van der Waals surface area contributed by atoms with E-state index < -0.39 is 23.4 Å². The third kappa shape index (κ3) is 3.83. The molecule has 2 aromatic rings. The first-order chi connectivity index (χ1) is 13.3. The molecule has 0 aliphatic carbocycles. The average molecular weight is 381 g/mol. The van der Waals surface area contributed by atoms with Crippen LogP contribution in [0.15, 0.2) is 48.5 Å². The largest absolute Gasteiger partial charge is 0.497 e. The SMILES string of the molecule is COc1ccc([C@]2(C)NC(=O)N(CC(=O)NCc3ccc(C)cc3)C2=O)cc1. The Morgan fingerprint density at radius 2 is 1.75 bits per heavy atom. The number of urea groups is 1. The van der Waals surface area contributed by atoms with Crippen molar-refractivity contribution in [2.45, 2.75) is 25.9 Å². The molecule has 28 heavy (non-hydrogen) atoms. The van der Waals surface area contributed by atoms with Crippen molar-refractivity contribution in [2.75, 3.05) is 13.7 Å². The monoisotopic (exact) mass is 381 g/mol. The lowest BCUT2D eigenvalue weighted by molar-refractivity contribution is -0.134. The Morgan fingerprint density at radius 1 is 1.11 bits per heavy atom. The summed E-state index contributed by atoms with van der Waals surface area (Å²) in [5, 5.41) is 5.43. The maximum atomic E-state index is 12.9. The highest BCUT2D eigenvalue weighted by Gasteiger charge is 2.49. The molecule has 0 unspecified atom stereocenters. The maximum absolute atomic E-state index is 12.9. The fraction of sp³-hybridized carbons (Fsp3) is 0.286. The number of benzene rings is 2. The number of carbonyl (C=O) groups is 3. The summed E-state index contributed by atoms with van der Waals surface area (Å²) in [7, 11) is 1.55. The molecule has 1 aliphatic rings. The molecule has 4 amide bonds. The van der Waals surface area contributed by atoms with Crippen LogP contribution in [0.4, 0.5) is 4.79 Å². The smallest absolute Gasteiger partial charge is 0.325 e. The zero-order valence-electron chi connectivity index (χ0n) is 16.1. The average Bonchev–Trinajstić information content (AvgIpc) is 2.91. The highest BCUT2D eigenvalue weighted by Crippen LogP contribution is 2.29. The molecule has 1 saturated heterocycles. The predicted octanol–water partition coefficient (Wildman–Crippen LogP) is 2.09. The van der Waals surface area contributed by atoms with Gasteiger partial charge in [0.25, 0.3) is 5.91 Å². The maximum Gasteiger partial charge on any atom is 0.325 e. The first-order valence-electron chi connectivity index (χ1n) is 8.94. The molecule has 2 aromatic carbocycles.